The maximum absolute atomic E-state index is 12.8. The van der Waals surface area contributed by atoms with E-state index in [-0.39, 0.29) is 30.2 Å². The molecule has 3 aromatic rings. The van der Waals surface area contributed by atoms with Crippen LogP contribution in [0.2, 0.25) is 0 Å². The molecule has 70 heavy (non-hydrogen) atoms. The van der Waals surface area contributed by atoms with Crippen LogP contribution in [-0.4, -0.2) is 105 Å². The Morgan fingerprint density at radius 1 is 1.00 bits per heavy atom. The van der Waals surface area contributed by atoms with Crippen LogP contribution in [0.3, 0.4) is 0 Å². The van der Waals surface area contributed by atoms with Crippen LogP contribution >= 0.6 is 23.5 Å². The number of allylic oxidation sites excluding steroid dienone is 3. The predicted octanol–water partition coefficient (Wildman–Crippen LogP) is 2.19. The van der Waals surface area contributed by atoms with Crippen LogP contribution in [0.4, 0.5) is 5.69 Å². The smallest absolute Gasteiger partial charge is 0.465 e. The number of rotatable bonds is 23. The molecule has 384 valence electrons. The zero-order valence-corrected chi connectivity index (χ0v) is 41.3. The molecule has 2 aliphatic rings. The Hall–Kier alpha value is -4.79. The Bertz CT molecular complexity index is 2810. The summed E-state index contributed by atoms with van der Waals surface area (Å²) < 4.78 is 85.0. The molecule has 0 aliphatic carbocycles. The van der Waals surface area contributed by atoms with Gasteiger partial charge in [0.2, 0.25) is 11.6 Å². The number of fused-ring (bicyclic) bond motifs is 1. The molecule has 0 saturated carbocycles. The average molecular weight is 1060 g/mol. The molecule has 2 aromatic heterocycles. The summed E-state index contributed by atoms with van der Waals surface area (Å²) in [6, 6.07) is 8.68. The Balaban J connectivity index is 1.16. The first kappa shape index (κ1) is 56.1. The highest BCUT2D eigenvalue weighted by atomic mass is 32.2. The zero-order valence-electron chi connectivity index (χ0n) is 37.8. The number of aryl methyl sites for hydroxylation is 1. The number of hydrogen-bond donors (Lipinski definition) is 9. The molecule has 9 N–H and O–H groups in total. The van der Waals surface area contributed by atoms with E-state index in [0.29, 0.717) is 42.5 Å². The molecule has 1 amide bonds. The van der Waals surface area contributed by atoms with Crippen LogP contribution in [0.25, 0.3) is 12.2 Å². The predicted molar refractivity (Wildman–Crippen MR) is 247 cm³/mol. The van der Waals surface area contributed by atoms with Gasteiger partial charge >= 0.3 is 46.5 Å². The van der Waals surface area contributed by atoms with Crippen molar-refractivity contribution in [2.45, 2.75) is 83.0 Å². The van der Waals surface area contributed by atoms with Gasteiger partial charge in [-0.25, -0.2) is 23.3 Å². The van der Waals surface area contributed by atoms with E-state index in [1.807, 2.05) is 60.7 Å². The maximum atomic E-state index is 12.8. The topological polar surface area (TPSA) is 373 Å². The van der Waals surface area contributed by atoms with E-state index in [2.05, 4.69) is 23.4 Å². The lowest BCUT2D eigenvalue weighted by Crippen LogP contribution is -2.38. The fraction of sp³-hybridized carbons (Fsp3) is 0.425. The lowest BCUT2D eigenvalue weighted by atomic mass is 9.83. The molecule has 1 fully saturated rings. The highest BCUT2D eigenvalue weighted by molar-refractivity contribution is 7.74. The summed E-state index contributed by atoms with van der Waals surface area (Å²) in [6.45, 7) is 6.00. The highest BCUT2D eigenvalue weighted by Crippen LogP contribution is 2.66. The number of phosphoric ester groups is 1. The number of carbonyl (C=O) groups excluding carboxylic acids is 2. The number of aliphatic hydroxyl groups excluding tert-OH is 2. The van der Waals surface area contributed by atoms with Crippen molar-refractivity contribution in [2.75, 3.05) is 31.7 Å². The Labute approximate surface area is 401 Å². The van der Waals surface area contributed by atoms with E-state index in [1.165, 1.54) is 19.3 Å². The number of nitrogens with zero attached hydrogens (tertiary/aromatic N) is 3. The quantitative estimate of drug-likeness (QED) is 0.0216. The molecule has 7 atom stereocenters. The highest BCUT2D eigenvalue weighted by Gasteiger charge is 2.47. The van der Waals surface area contributed by atoms with Crippen molar-refractivity contribution >= 4 is 64.5 Å². The first-order valence-electron chi connectivity index (χ1n) is 21.1. The summed E-state index contributed by atoms with van der Waals surface area (Å²) in [5.74, 6) is -0.511. The second-order valence-corrected chi connectivity index (χ2v) is 21.0. The number of carbonyl (C=O) groups is 2. The molecule has 2 aliphatic heterocycles. The molecule has 7 unspecified atom stereocenters. The Kier molecular flexibility index (Phi) is 18.9. The van der Waals surface area contributed by atoms with Gasteiger partial charge < -0.3 is 53.7 Å². The van der Waals surface area contributed by atoms with Crippen molar-refractivity contribution in [3.8, 4) is 5.75 Å². The largest absolute Gasteiger partial charge is 0.490 e. The number of amides is 1. The van der Waals surface area contributed by atoms with E-state index < -0.39 is 88.6 Å². The number of aliphatic hydroxyl groups is 2. The van der Waals surface area contributed by atoms with E-state index >= 15 is 0 Å². The molecule has 26 nitrogen and oxygen atoms in total. The summed E-state index contributed by atoms with van der Waals surface area (Å²) in [5.41, 5.74) is 1.27. The summed E-state index contributed by atoms with van der Waals surface area (Å²) >= 11 is -2.52. The normalized spacial score (nSPS) is 21.7. The van der Waals surface area contributed by atoms with E-state index in [1.54, 1.807) is 24.4 Å². The van der Waals surface area contributed by atoms with Crippen molar-refractivity contribution in [3.05, 3.63) is 110 Å². The SMILES string of the molecule is CC[n+]1cc(C(=O)OC)ccc1/C=C/C=C1/N(CCCCCC(=O)NCC=Cc2cn(C3OC(COP(=O)(O)OP(=O)(O)OP(=O)(O)O)C(O)C3O)c(=O)[nH]c2=O)c2ccc(OS(=O)O)cc2C1(C)C. The van der Waals surface area contributed by atoms with E-state index in [4.69, 9.17) is 23.4 Å². The average Bonchev–Trinajstić information content (AvgIpc) is 3.66. The number of nitrogens with one attached hydrogen (secondary N) is 2. The molecule has 1 saturated heterocycles. The number of esters is 1. The number of unbranched alkanes of at least 4 members (excludes halogenated alkanes) is 2. The molecule has 1 aromatic carbocycles. The van der Waals surface area contributed by atoms with E-state index in [0.717, 1.165) is 28.8 Å². The summed E-state index contributed by atoms with van der Waals surface area (Å²) in [5, 5.41) is 23.8. The van der Waals surface area contributed by atoms with Crippen molar-refractivity contribution in [1.29, 1.82) is 0 Å². The van der Waals surface area contributed by atoms with Gasteiger partial charge in [-0.1, -0.05) is 38.5 Å². The van der Waals surface area contributed by atoms with Gasteiger partial charge in [0.25, 0.3) is 5.56 Å². The van der Waals surface area contributed by atoms with Crippen LogP contribution in [0.5, 0.6) is 5.75 Å². The fourth-order valence-electron chi connectivity index (χ4n) is 7.54. The van der Waals surface area contributed by atoms with Gasteiger partial charge in [0, 0.05) is 54.6 Å². The van der Waals surface area contributed by atoms with Gasteiger partial charge in [0.15, 0.2) is 12.4 Å². The van der Waals surface area contributed by atoms with Crippen LogP contribution in [0.1, 0.15) is 79.9 Å². The number of aromatic nitrogens is 3. The Morgan fingerprint density at radius 2 is 1.73 bits per heavy atom. The molecule has 4 heterocycles. The van der Waals surface area contributed by atoms with Crippen LogP contribution in [-0.2, 0) is 64.4 Å². The fourth-order valence-corrected chi connectivity index (χ4v) is 10.8. The standard InChI is InChI=1S/C40H52N5O21P3S/c1-5-43-22-26(38(50)61-4)15-16-27(43)12-9-13-32-40(2,3)29-21-28(64-70(59)60)17-18-30(29)44(32)20-8-6-7-14-33(46)41-19-10-11-25-23-45(39(51)42-36(25)49)37-35(48)34(47)31(63-37)24-62-68(55,56)66-69(57,58)65-67(52,53)54/h9-13,15-18,21-23,31,34-35,37,47-48H,5-8,14,19-20,24H2,1-4H3,(H6-,41,42,46,49,51,52,53,54,55,56,57,58,59,60)/p+1. The number of pyridine rings is 1. The van der Waals surface area contributed by atoms with Gasteiger partial charge in [0.05, 0.1) is 19.3 Å². The van der Waals surface area contributed by atoms with Gasteiger partial charge in [0.1, 0.15) is 36.2 Å². The van der Waals surface area contributed by atoms with Gasteiger partial charge in [-0.05, 0) is 55.7 Å². The number of hydrogen-bond acceptors (Lipinski definition) is 17. The van der Waals surface area contributed by atoms with Crippen LogP contribution in [0, 0.1) is 0 Å². The van der Waals surface area contributed by atoms with Gasteiger partial charge in [-0.2, -0.15) is 17.4 Å². The number of anilines is 1. The lowest BCUT2D eigenvalue weighted by molar-refractivity contribution is -0.695. The molecular weight excluding hydrogens is 1010 g/mol. The maximum Gasteiger partial charge on any atom is 0.490 e. The van der Waals surface area contributed by atoms with Crippen molar-refractivity contribution in [3.63, 3.8) is 0 Å². The first-order chi connectivity index (χ1) is 32.8. The number of methoxy groups -OCH3 is 1. The van der Waals surface area contributed by atoms with Crippen LogP contribution < -0.4 is 30.2 Å². The number of ether oxygens (including phenoxy) is 2. The van der Waals surface area contributed by atoms with Crippen molar-refractivity contribution < 1.29 is 93.2 Å². The first-order valence-corrected chi connectivity index (χ1v) is 26.6. The van der Waals surface area contributed by atoms with Gasteiger partial charge in [-0.3, -0.25) is 28.2 Å². The third-order valence-electron chi connectivity index (χ3n) is 10.8. The zero-order chi connectivity index (χ0) is 51.8. The Morgan fingerprint density at radius 3 is 2.40 bits per heavy atom. The third kappa shape index (κ3) is 14.9. The van der Waals surface area contributed by atoms with Crippen LogP contribution in [0.15, 0.2) is 76.2 Å². The number of phosphoric acid groups is 3. The number of benzene rings is 1. The molecule has 0 radical (unpaired) electrons. The summed E-state index contributed by atoms with van der Waals surface area (Å²) in [4.78, 5) is 90.7. The summed E-state index contributed by atoms with van der Waals surface area (Å²) in [7, 11) is -15.8. The molecule has 0 spiro atoms. The molecule has 0 bridgehead atoms. The minimum absolute atomic E-state index is 0.0358. The van der Waals surface area contributed by atoms with E-state index in [9.17, 15) is 61.6 Å². The summed E-state index contributed by atoms with van der Waals surface area (Å²) in [6.07, 6.45) is 5.94. The number of H-pyrrole nitrogens is 1. The lowest BCUT2D eigenvalue weighted by Gasteiger charge is -2.27. The van der Waals surface area contributed by atoms with Gasteiger partial charge in [-0.15, -0.1) is 0 Å². The third-order valence-corrected chi connectivity index (χ3v) is 14.9. The molecule has 5 rings (SSSR count). The number of aromatic amines is 1. The minimum atomic E-state index is -5.85. The molecule has 30 heteroatoms. The minimum Gasteiger partial charge on any atom is -0.465 e. The molecular formula is C40H53N5O21P3S+. The second-order valence-electron chi connectivity index (χ2n) is 16.0. The second kappa shape index (κ2) is 23.6. The monoisotopic (exact) mass is 1060 g/mol. The van der Waals surface area contributed by atoms with Crippen molar-refractivity contribution in [2.24, 2.45) is 0 Å². The van der Waals surface area contributed by atoms with Crippen molar-refractivity contribution in [1.82, 2.24) is 14.9 Å².